The lowest BCUT2D eigenvalue weighted by Crippen LogP contribution is -2.18. The van der Waals surface area contributed by atoms with E-state index in [2.05, 4.69) is 18.7 Å². The number of ketones is 1. The number of rotatable bonds is 2. The molecular weight excluding hydrogens is 190 g/mol. The maximum atomic E-state index is 11.1. The van der Waals surface area contributed by atoms with Gasteiger partial charge in [-0.1, -0.05) is 13.8 Å². The average molecular weight is 207 g/mol. The molecule has 15 heavy (non-hydrogen) atoms. The van der Waals surface area contributed by atoms with Gasteiger partial charge in [0.15, 0.2) is 17.4 Å². The van der Waals surface area contributed by atoms with Crippen LogP contribution in [0.5, 0.6) is 0 Å². The Morgan fingerprint density at radius 2 is 1.93 bits per heavy atom. The van der Waals surface area contributed by atoms with Crippen molar-refractivity contribution in [3.63, 3.8) is 0 Å². The van der Waals surface area contributed by atoms with Crippen molar-refractivity contribution < 1.29 is 9.21 Å². The van der Waals surface area contributed by atoms with Gasteiger partial charge in [-0.2, -0.15) is 0 Å². The molecule has 0 N–H and O–H groups in total. The lowest BCUT2D eigenvalue weighted by Gasteiger charge is -2.13. The largest absolute Gasteiger partial charge is 0.437 e. The molecular formula is C12H17NO2. The molecule has 1 saturated heterocycles. The van der Waals surface area contributed by atoms with Crippen LogP contribution in [-0.2, 0) is 0 Å². The third-order valence-electron chi connectivity index (χ3n) is 3.24. The first kappa shape index (κ1) is 10.3. The quantitative estimate of drug-likeness (QED) is 0.699. The van der Waals surface area contributed by atoms with Gasteiger partial charge in [-0.15, -0.1) is 0 Å². The fourth-order valence-electron chi connectivity index (χ4n) is 2.00. The molecule has 1 aromatic heterocycles. The average Bonchev–Trinajstić information content (AvgIpc) is 2.74. The van der Waals surface area contributed by atoms with Gasteiger partial charge in [0.25, 0.3) is 0 Å². The number of hydrogen-bond acceptors (Lipinski definition) is 3. The van der Waals surface area contributed by atoms with E-state index >= 15 is 0 Å². The highest BCUT2D eigenvalue weighted by Gasteiger charge is 2.27. The van der Waals surface area contributed by atoms with Gasteiger partial charge >= 0.3 is 0 Å². The third-order valence-corrected chi connectivity index (χ3v) is 3.24. The molecule has 1 aromatic rings. The number of nitrogens with zero attached hydrogens (tertiary/aromatic N) is 1. The lowest BCUT2D eigenvalue weighted by molar-refractivity contribution is 0.0988. The summed E-state index contributed by atoms with van der Waals surface area (Å²) < 4.78 is 5.50. The Labute approximate surface area is 90.1 Å². The molecule has 3 nitrogen and oxygen atoms in total. The van der Waals surface area contributed by atoms with Gasteiger partial charge in [0.1, 0.15) is 0 Å². The number of Topliss-reactive ketones (excluding diaryl/α,β-unsaturated/α-hetero) is 1. The van der Waals surface area contributed by atoms with Crippen LogP contribution in [0.3, 0.4) is 0 Å². The van der Waals surface area contributed by atoms with E-state index in [1.54, 1.807) is 6.07 Å². The van der Waals surface area contributed by atoms with Crippen molar-refractivity contribution in [2.24, 2.45) is 11.8 Å². The lowest BCUT2D eigenvalue weighted by atomic mass is 10.0. The summed E-state index contributed by atoms with van der Waals surface area (Å²) in [6.45, 7) is 8.06. The second kappa shape index (κ2) is 3.72. The molecule has 2 atom stereocenters. The highest BCUT2D eigenvalue weighted by Crippen LogP contribution is 2.28. The Morgan fingerprint density at radius 3 is 2.40 bits per heavy atom. The summed E-state index contributed by atoms with van der Waals surface area (Å²) >= 11 is 0. The first-order chi connectivity index (χ1) is 7.08. The normalized spacial score (nSPS) is 25.9. The van der Waals surface area contributed by atoms with E-state index in [9.17, 15) is 4.79 Å². The molecule has 2 rings (SSSR count). The molecule has 1 aliphatic rings. The molecule has 82 valence electrons. The minimum absolute atomic E-state index is 0.0125. The smallest absolute Gasteiger partial charge is 0.196 e. The van der Waals surface area contributed by atoms with Gasteiger partial charge in [-0.25, -0.2) is 0 Å². The summed E-state index contributed by atoms with van der Waals surface area (Å²) in [5, 5.41) is 0. The van der Waals surface area contributed by atoms with E-state index in [0.717, 1.165) is 19.0 Å². The Balaban J connectivity index is 2.14. The van der Waals surface area contributed by atoms with E-state index in [1.807, 2.05) is 6.07 Å². The highest BCUT2D eigenvalue weighted by molar-refractivity contribution is 5.91. The number of furan rings is 1. The Morgan fingerprint density at radius 1 is 1.33 bits per heavy atom. The molecule has 0 aromatic carbocycles. The van der Waals surface area contributed by atoms with Crippen molar-refractivity contribution in [3.05, 3.63) is 17.9 Å². The Hall–Kier alpha value is -1.25. The molecule has 3 heteroatoms. The van der Waals surface area contributed by atoms with Crippen LogP contribution in [0.15, 0.2) is 16.5 Å². The molecule has 0 spiro atoms. The van der Waals surface area contributed by atoms with E-state index in [-0.39, 0.29) is 5.78 Å². The number of hydrogen-bond donors (Lipinski definition) is 0. The fraction of sp³-hybridized carbons (Fsp3) is 0.583. The molecule has 2 unspecified atom stereocenters. The summed E-state index contributed by atoms with van der Waals surface area (Å²) in [5.74, 6) is 2.65. The van der Waals surface area contributed by atoms with Crippen molar-refractivity contribution in [3.8, 4) is 0 Å². The van der Waals surface area contributed by atoms with Crippen LogP contribution in [0.2, 0.25) is 0 Å². The van der Waals surface area contributed by atoms with Gasteiger partial charge in [0, 0.05) is 26.1 Å². The number of carbonyl (C=O) groups excluding carboxylic acids is 1. The highest BCUT2D eigenvalue weighted by atomic mass is 16.4. The summed E-state index contributed by atoms with van der Waals surface area (Å²) in [7, 11) is 0. The predicted octanol–water partition coefficient (Wildman–Crippen LogP) is 2.57. The predicted molar refractivity (Wildman–Crippen MR) is 59.3 cm³/mol. The third kappa shape index (κ3) is 1.91. The molecule has 0 bridgehead atoms. The van der Waals surface area contributed by atoms with Crippen LogP contribution in [-0.4, -0.2) is 18.9 Å². The van der Waals surface area contributed by atoms with E-state index in [4.69, 9.17) is 4.42 Å². The minimum atomic E-state index is -0.0125. The zero-order valence-electron chi connectivity index (χ0n) is 9.49. The van der Waals surface area contributed by atoms with Crippen LogP contribution in [0.25, 0.3) is 0 Å². The van der Waals surface area contributed by atoms with Gasteiger partial charge in [-0.3, -0.25) is 4.79 Å². The molecule has 0 saturated carbocycles. The van der Waals surface area contributed by atoms with E-state index in [0.29, 0.717) is 17.6 Å². The maximum absolute atomic E-state index is 11.1. The van der Waals surface area contributed by atoms with Crippen molar-refractivity contribution in [1.82, 2.24) is 0 Å². The summed E-state index contributed by atoms with van der Waals surface area (Å²) in [4.78, 5) is 13.3. The monoisotopic (exact) mass is 207 g/mol. The van der Waals surface area contributed by atoms with E-state index < -0.39 is 0 Å². The van der Waals surface area contributed by atoms with Crippen LogP contribution in [0, 0.1) is 11.8 Å². The van der Waals surface area contributed by atoms with Gasteiger partial charge in [0.2, 0.25) is 0 Å². The van der Waals surface area contributed by atoms with Crippen molar-refractivity contribution in [2.75, 3.05) is 18.0 Å². The SMILES string of the molecule is CC(=O)c1ccc(N2CC(C)C(C)C2)o1. The molecule has 2 heterocycles. The number of carbonyl (C=O) groups is 1. The molecule has 1 aliphatic heterocycles. The van der Waals surface area contributed by atoms with Crippen molar-refractivity contribution in [1.29, 1.82) is 0 Å². The molecule has 0 amide bonds. The van der Waals surface area contributed by atoms with Crippen LogP contribution in [0.4, 0.5) is 5.88 Å². The van der Waals surface area contributed by atoms with Gasteiger partial charge in [0.05, 0.1) is 0 Å². The minimum Gasteiger partial charge on any atom is -0.437 e. The second-order valence-corrected chi connectivity index (χ2v) is 4.55. The van der Waals surface area contributed by atoms with Crippen LogP contribution >= 0.6 is 0 Å². The zero-order chi connectivity index (χ0) is 11.0. The maximum Gasteiger partial charge on any atom is 0.196 e. The van der Waals surface area contributed by atoms with Crippen LogP contribution < -0.4 is 4.90 Å². The van der Waals surface area contributed by atoms with Crippen LogP contribution in [0.1, 0.15) is 31.3 Å². The van der Waals surface area contributed by atoms with E-state index in [1.165, 1.54) is 6.92 Å². The van der Waals surface area contributed by atoms with Crippen molar-refractivity contribution >= 4 is 11.7 Å². The topological polar surface area (TPSA) is 33.5 Å². The second-order valence-electron chi connectivity index (χ2n) is 4.55. The molecule has 1 fully saturated rings. The fourth-order valence-corrected chi connectivity index (χ4v) is 2.00. The van der Waals surface area contributed by atoms with Gasteiger partial charge in [-0.05, 0) is 17.9 Å². The Bertz CT molecular complexity index is 359. The summed E-state index contributed by atoms with van der Waals surface area (Å²) in [5.41, 5.74) is 0. The molecule has 0 radical (unpaired) electrons. The zero-order valence-corrected chi connectivity index (χ0v) is 9.49. The summed E-state index contributed by atoms with van der Waals surface area (Å²) in [6, 6.07) is 3.65. The standard InChI is InChI=1S/C12H17NO2/c1-8-6-13(7-9(8)2)12-5-4-11(15-12)10(3)14/h4-5,8-9H,6-7H2,1-3H3. The first-order valence-electron chi connectivity index (χ1n) is 5.43. The van der Waals surface area contributed by atoms with Gasteiger partial charge < -0.3 is 9.32 Å². The van der Waals surface area contributed by atoms with Crippen molar-refractivity contribution in [2.45, 2.75) is 20.8 Å². The first-order valence-corrected chi connectivity index (χ1v) is 5.43. The number of anilines is 1. The Kier molecular flexibility index (Phi) is 2.55. The summed E-state index contributed by atoms with van der Waals surface area (Å²) in [6.07, 6.45) is 0. The molecule has 0 aliphatic carbocycles.